The van der Waals surface area contributed by atoms with Gasteiger partial charge in [0.25, 0.3) is 5.91 Å². The van der Waals surface area contributed by atoms with Gasteiger partial charge in [-0.1, -0.05) is 19.3 Å². The summed E-state index contributed by atoms with van der Waals surface area (Å²) in [6, 6.07) is 1.95. The van der Waals surface area contributed by atoms with Crippen LogP contribution in [0.25, 0.3) is 5.76 Å². The topological polar surface area (TPSA) is 109 Å². The van der Waals surface area contributed by atoms with E-state index in [1.54, 1.807) is 0 Å². The van der Waals surface area contributed by atoms with E-state index in [1.165, 1.54) is 0 Å². The molecule has 2 saturated carbocycles. The van der Waals surface area contributed by atoms with Crippen molar-refractivity contribution in [1.29, 1.82) is 0 Å². The molecule has 0 unspecified atom stereocenters. The summed E-state index contributed by atoms with van der Waals surface area (Å²) in [4.78, 5) is 36.6. The zero-order valence-corrected chi connectivity index (χ0v) is 14.5. The van der Waals surface area contributed by atoms with E-state index in [0.29, 0.717) is 24.5 Å². The number of carboxylic acid groups (broad SMARTS) is 1. The Morgan fingerprint density at radius 1 is 1.23 bits per heavy atom. The number of hydrogen-bond acceptors (Lipinski definition) is 4. The minimum Gasteiger partial charge on any atom is -0.505 e. The quantitative estimate of drug-likeness (QED) is 0.714. The summed E-state index contributed by atoms with van der Waals surface area (Å²) in [6.45, 7) is -0.591. The average molecular weight is 358 g/mol. The number of aromatic nitrogens is 1. The van der Waals surface area contributed by atoms with Crippen LogP contribution in [0, 0.1) is 0 Å². The molecule has 2 heterocycles. The van der Waals surface area contributed by atoms with Gasteiger partial charge in [-0.2, -0.15) is 0 Å². The molecule has 2 aliphatic carbocycles. The number of hydrogen-bond donors (Lipinski definition) is 3. The lowest BCUT2D eigenvalue weighted by molar-refractivity contribution is -0.138. The molecule has 1 spiro atoms. The first-order valence-corrected chi connectivity index (χ1v) is 9.16. The minimum absolute atomic E-state index is 0.291. The summed E-state index contributed by atoms with van der Waals surface area (Å²) >= 11 is 0. The lowest BCUT2D eigenvalue weighted by atomic mass is 9.73. The smallest absolute Gasteiger partial charge is 0.322 e. The van der Waals surface area contributed by atoms with Gasteiger partial charge in [0.1, 0.15) is 17.7 Å². The molecule has 26 heavy (non-hydrogen) atoms. The zero-order valence-electron chi connectivity index (χ0n) is 14.5. The maximum absolute atomic E-state index is 13.3. The first-order valence-electron chi connectivity index (χ1n) is 9.16. The van der Waals surface area contributed by atoms with Crippen molar-refractivity contribution in [3.8, 4) is 0 Å². The molecular weight excluding hydrogens is 336 g/mol. The standard InChI is InChI=1S/C19H22N2O5/c22-13(23)10-20-18(26)14-16(24)15-12(11-4-5-11)6-9-21(15)19(17(14)25)7-2-1-3-8-19/h6,9,11,24H,1-5,7-8,10H2,(H,20,26)(H,22,23). The monoisotopic (exact) mass is 358 g/mol. The van der Waals surface area contributed by atoms with Crippen LogP contribution in [0.4, 0.5) is 0 Å². The number of carboxylic acids is 1. The Morgan fingerprint density at radius 2 is 1.92 bits per heavy atom. The number of carbonyl (C=O) groups excluding carboxylic acids is 2. The molecule has 1 aliphatic heterocycles. The van der Waals surface area contributed by atoms with Crippen molar-refractivity contribution in [2.45, 2.75) is 56.4 Å². The number of fused-ring (bicyclic) bond motifs is 2. The number of amides is 1. The van der Waals surface area contributed by atoms with Crippen molar-refractivity contribution in [2.24, 2.45) is 0 Å². The summed E-state index contributed by atoms with van der Waals surface area (Å²) in [5, 5.41) is 21.9. The highest BCUT2D eigenvalue weighted by Gasteiger charge is 2.50. The molecule has 0 radical (unpaired) electrons. The second kappa shape index (κ2) is 6.00. The van der Waals surface area contributed by atoms with Crippen LogP contribution in [0.3, 0.4) is 0 Å². The summed E-state index contributed by atoms with van der Waals surface area (Å²) in [5.74, 6) is -2.38. The van der Waals surface area contributed by atoms with Crippen LogP contribution in [0.2, 0.25) is 0 Å². The van der Waals surface area contributed by atoms with Crippen LogP contribution in [0.5, 0.6) is 0 Å². The van der Waals surface area contributed by atoms with Crippen molar-refractivity contribution in [1.82, 2.24) is 9.88 Å². The van der Waals surface area contributed by atoms with Crippen LogP contribution in [-0.4, -0.2) is 39.0 Å². The molecule has 7 heteroatoms. The van der Waals surface area contributed by atoms with E-state index >= 15 is 0 Å². The highest BCUT2D eigenvalue weighted by atomic mass is 16.4. The van der Waals surface area contributed by atoms with Gasteiger partial charge in [0.2, 0.25) is 0 Å². The molecule has 1 aromatic rings. The highest BCUT2D eigenvalue weighted by molar-refractivity contribution is 6.27. The maximum Gasteiger partial charge on any atom is 0.322 e. The van der Waals surface area contributed by atoms with Gasteiger partial charge < -0.3 is 20.1 Å². The van der Waals surface area contributed by atoms with Gasteiger partial charge in [-0.15, -0.1) is 0 Å². The van der Waals surface area contributed by atoms with Crippen LogP contribution in [0.1, 0.15) is 62.1 Å². The molecule has 3 aliphatic rings. The molecule has 138 valence electrons. The maximum atomic E-state index is 13.3. The van der Waals surface area contributed by atoms with E-state index in [9.17, 15) is 19.5 Å². The Kier molecular flexibility index (Phi) is 3.89. The lowest BCUT2D eigenvalue weighted by Crippen LogP contribution is -2.50. The van der Waals surface area contributed by atoms with Gasteiger partial charge in [0.15, 0.2) is 11.5 Å². The first-order chi connectivity index (χ1) is 12.5. The third-order valence-corrected chi connectivity index (χ3v) is 5.81. The number of ketones is 1. The molecule has 1 amide bonds. The first kappa shape index (κ1) is 16.9. The van der Waals surface area contributed by atoms with E-state index < -0.39 is 29.7 Å². The number of nitrogens with one attached hydrogen (secondary N) is 1. The third kappa shape index (κ3) is 2.45. The Morgan fingerprint density at radius 3 is 2.54 bits per heavy atom. The molecule has 0 saturated heterocycles. The van der Waals surface area contributed by atoms with Gasteiger partial charge in [0, 0.05) is 6.20 Å². The number of aliphatic carboxylic acids is 1. The van der Waals surface area contributed by atoms with Crippen LogP contribution in [-0.2, 0) is 19.9 Å². The van der Waals surface area contributed by atoms with E-state index in [-0.39, 0.29) is 11.3 Å². The van der Waals surface area contributed by atoms with Crippen molar-refractivity contribution in [3.05, 3.63) is 29.1 Å². The van der Waals surface area contributed by atoms with Crippen LogP contribution < -0.4 is 5.32 Å². The Bertz CT molecular complexity index is 825. The number of carbonyl (C=O) groups is 3. The molecule has 0 bridgehead atoms. The van der Waals surface area contributed by atoms with E-state index in [1.807, 2.05) is 16.8 Å². The summed E-state index contributed by atoms with van der Waals surface area (Å²) < 4.78 is 1.88. The second-order valence-corrected chi connectivity index (χ2v) is 7.49. The Hall–Kier alpha value is -2.57. The summed E-state index contributed by atoms with van der Waals surface area (Å²) in [6.07, 6.45) is 7.99. The van der Waals surface area contributed by atoms with Crippen molar-refractivity contribution >= 4 is 23.4 Å². The normalized spacial score (nSPS) is 21.6. The molecule has 2 fully saturated rings. The number of aliphatic hydroxyl groups excluding tert-OH is 1. The third-order valence-electron chi connectivity index (χ3n) is 5.81. The number of nitrogens with zero attached hydrogens (tertiary/aromatic N) is 1. The number of aliphatic hydroxyl groups is 1. The van der Waals surface area contributed by atoms with Crippen molar-refractivity contribution < 1.29 is 24.6 Å². The molecule has 4 rings (SSSR count). The molecular formula is C19H22N2O5. The summed E-state index contributed by atoms with van der Waals surface area (Å²) in [7, 11) is 0. The van der Waals surface area contributed by atoms with Gasteiger partial charge in [-0.05, 0) is 43.2 Å². The van der Waals surface area contributed by atoms with Gasteiger partial charge in [-0.3, -0.25) is 14.4 Å². The van der Waals surface area contributed by atoms with Crippen molar-refractivity contribution in [3.63, 3.8) is 0 Å². The predicted molar refractivity (Wildman–Crippen MR) is 92.7 cm³/mol. The number of Topliss-reactive ketones (excluding diaryl/α,β-unsaturated/α-hetero) is 1. The minimum atomic E-state index is -1.20. The SMILES string of the molecule is O=C(O)CNC(=O)C1=C(O)c2c(C3CC3)ccn2C2(CCCCC2)C1=O. The fourth-order valence-electron chi connectivity index (χ4n) is 4.41. The van der Waals surface area contributed by atoms with E-state index in [4.69, 9.17) is 5.11 Å². The van der Waals surface area contributed by atoms with E-state index in [0.717, 1.165) is 37.7 Å². The van der Waals surface area contributed by atoms with E-state index in [2.05, 4.69) is 5.32 Å². The predicted octanol–water partition coefficient (Wildman–Crippen LogP) is 2.08. The van der Waals surface area contributed by atoms with Gasteiger partial charge >= 0.3 is 5.97 Å². The Labute approximate surface area is 150 Å². The average Bonchev–Trinajstić information content (AvgIpc) is 3.37. The van der Waals surface area contributed by atoms with Crippen LogP contribution >= 0.6 is 0 Å². The van der Waals surface area contributed by atoms with Crippen molar-refractivity contribution in [2.75, 3.05) is 6.54 Å². The molecule has 0 aromatic carbocycles. The lowest BCUT2D eigenvalue weighted by Gasteiger charge is -2.41. The van der Waals surface area contributed by atoms with Crippen LogP contribution in [0.15, 0.2) is 17.8 Å². The Balaban J connectivity index is 1.84. The molecule has 7 nitrogen and oxygen atoms in total. The van der Waals surface area contributed by atoms with Gasteiger partial charge in [0.05, 0.1) is 5.69 Å². The largest absolute Gasteiger partial charge is 0.505 e. The second-order valence-electron chi connectivity index (χ2n) is 7.49. The fourth-order valence-corrected chi connectivity index (χ4v) is 4.41. The fraction of sp³-hybridized carbons (Fsp3) is 0.526. The highest BCUT2D eigenvalue weighted by Crippen LogP contribution is 2.49. The number of rotatable bonds is 4. The zero-order chi connectivity index (χ0) is 18.5. The molecule has 1 aromatic heterocycles. The van der Waals surface area contributed by atoms with Gasteiger partial charge in [-0.25, -0.2) is 0 Å². The summed E-state index contributed by atoms with van der Waals surface area (Å²) in [5.41, 5.74) is 0.405. The molecule has 3 N–H and O–H groups in total. The molecule has 0 atom stereocenters.